The Hall–Kier alpha value is -3.85. The maximum Gasteiger partial charge on any atom is 0.237 e. The first-order valence-corrected chi connectivity index (χ1v) is 11.3. The highest BCUT2D eigenvalue weighted by Crippen LogP contribution is 2.50. The van der Waals surface area contributed by atoms with E-state index >= 15 is 0 Å². The Morgan fingerprint density at radius 1 is 0.788 bits per heavy atom. The molecule has 1 saturated heterocycles. The van der Waals surface area contributed by atoms with Crippen molar-refractivity contribution in [1.82, 2.24) is 0 Å². The number of β-lactam (4-membered cyclic amide) rings is 1. The van der Waals surface area contributed by atoms with Crippen LogP contribution in [0.4, 0.5) is 5.69 Å². The van der Waals surface area contributed by atoms with Crippen molar-refractivity contribution in [1.29, 1.82) is 0 Å². The van der Waals surface area contributed by atoms with Crippen LogP contribution in [0.2, 0.25) is 0 Å². The Morgan fingerprint density at radius 3 is 2.12 bits per heavy atom. The first kappa shape index (κ1) is 21.0. The number of ether oxygens (including phenoxy) is 1. The molecule has 1 fully saturated rings. The fraction of sp³-hybridized carbons (Fsp3) is 0.167. The highest BCUT2D eigenvalue weighted by molar-refractivity contribution is 6.10. The van der Waals surface area contributed by atoms with E-state index in [4.69, 9.17) is 4.74 Å². The number of rotatable bonds is 5. The number of benzene rings is 4. The Bertz CT molecular complexity index is 1330. The van der Waals surface area contributed by atoms with Crippen molar-refractivity contribution in [2.45, 2.75) is 19.9 Å². The molecule has 0 N–H and O–H groups in total. The Morgan fingerprint density at radius 2 is 1.45 bits per heavy atom. The fourth-order valence-corrected chi connectivity index (χ4v) is 4.93. The predicted molar refractivity (Wildman–Crippen MR) is 135 cm³/mol. The van der Waals surface area contributed by atoms with Gasteiger partial charge in [-0.2, -0.15) is 0 Å². The topological polar surface area (TPSA) is 29.5 Å². The van der Waals surface area contributed by atoms with Crippen LogP contribution in [0, 0.1) is 5.92 Å². The maximum atomic E-state index is 13.7. The molecule has 5 rings (SSSR count). The molecule has 1 aliphatic heterocycles. The molecule has 0 aliphatic carbocycles. The van der Waals surface area contributed by atoms with Gasteiger partial charge in [-0.1, -0.05) is 72.3 Å². The number of hydrogen-bond acceptors (Lipinski definition) is 2. The van der Waals surface area contributed by atoms with E-state index in [9.17, 15) is 4.79 Å². The average Bonchev–Trinajstić information content (AvgIpc) is 2.85. The predicted octanol–water partition coefficient (Wildman–Crippen LogP) is 7.05. The molecule has 0 radical (unpaired) electrons. The van der Waals surface area contributed by atoms with Crippen molar-refractivity contribution in [3.8, 4) is 5.75 Å². The number of nitrogens with zero attached hydrogens (tertiary/aromatic N) is 1. The number of carbonyl (C=O) groups excluding carboxylic acids is 1. The van der Waals surface area contributed by atoms with Gasteiger partial charge in [0.15, 0.2) is 0 Å². The summed E-state index contributed by atoms with van der Waals surface area (Å²) in [7, 11) is 1.65. The summed E-state index contributed by atoms with van der Waals surface area (Å²) in [5, 5.41) is 2.38. The lowest BCUT2D eigenvalue weighted by Gasteiger charge is -2.49. The third-order valence-corrected chi connectivity index (χ3v) is 6.50. The zero-order chi connectivity index (χ0) is 22.9. The minimum Gasteiger partial charge on any atom is -0.497 e. The number of anilines is 1. The van der Waals surface area contributed by atoms with E-state index in [1.54, 1.807) is 7.11 Å². The lowest BCUT2D eigenvalue weighted by atomic mass is 9.73. The van der Waals surface area contributed by atoms with Crippen LogP contribution in [-0.4, -0.2) is 13.0 Å². The number of methoxy groups -OCH3 is 1. The molecule has 0 aromatic heterocycles. The van der Waals surface area contributed by atoms with Gasteiger partial charge in [0.2, 0.25) is 5.91 Å². The van der Waals surface area contributed by atoms with E-state index in [2.05, 4.69) is 68.4 Å². The number of hydrogen-bond donors (Lipinski definition) is 0. The highest BCUT2D eigenvalue weighted by atomic mass is 16.5. The number of carbonyl (C=O) groups is 1. The van der Waals surface area contributed by atoms with Crippen molar-refractivity contribution < 1.29 is 9.53 Å². The van der Waals surface area contributed by atoms with Crippen LogP contribution >= 0.6 is 0 Å². The molecule has 3 heteroatoms. The molecule has 33 heavy (non-hydrogen) atoms. The van der Waals surface area contributed by atoms with Gasteiger partial charge in [-0.15, -0.1) is 0 Å². The number of allylic oxidation sites excluding steroid dienone is 1. The summed E-state index contributed by atoms with van der Waals surface area (Å²) in [4.78, 5) is 15.7. The molecule has 164 valence electrons. The normalized spacial score (nSPS) is 17.5. The quantitative estimate of drug-likeness (QED) is 0.316. The third kappa shape index (κ3) is 3.70. The molecule has 0 spiro atoms. The van der Waals surface area contributed by atoms with Crippen LogP contribution in [-0.2, 0) is 4.79 Å². The highest BCUT2D eigenvalue weighted by Gasteiger charge is 2.51. The second-order valence-corrected chi connectivity index (χ2v) is 8.72. The van der Waals surface area contributed by atoms with Gasteiger partial charge in [-0.05, 0) is 71.7 Å². The van der Waals surface area contributed by atoms with Gasteiger partial charge < -0.3 is 9.64 Å². The summed E-state index contributed by atoms with van der Waals surface area (Å²) in [5.41, 5.74) is 5.42. The van der Waals surface area contributed by atoms with Crippen LogP contribution in [0.15, 0.2) is 103 Å². The van der Waals surface area contributed by atoms with E-state index in [1.165, 1.54) is 16.3 Å². The van der Waals surface area contributed by atoms with Crippen molar-refractivity contribution in [3.63, 3.8) is 0 Å². The monoisotopic (exact) mass is 433 g/mol. The number of amides is 1. The van der Waals surface area contributed by atoms with Gasteiger partial charge in [0.25, 0.3) is 0 Å². The molecule has 1 aliphatic rings. The van der Waals surface area contributed by atoms with E-state index < -0.39 is 0 Å². The second-order valence-electron chi connectivity index (χ2n) is 8.72. The second kappa shape index (κ2) is 8.59. The first-order chi connectivity index (χ1) is 16.1. The Labute approximate surface area is 194 Å². The summed E-state index contributed by atoms with van der Waals surface area (Å²) >= 11 is 0. The van der Waals surface area contributed by atoms with Crippen LogP contribution in [0.1, 0.15) is 31.0 Å². The van der Waals surface area contributed by atoms with E-state index in [-0.39, 0.29) is 17.9 Å². The molecule has 0 saturated carbocycles. The lowest BCUT2D eigenvalue weighted by molar-refractivity contribution is -0.127. The third-order valence-electron chi connectivity index (χ3n) is 6.50. The summed E-state index contributed by atoms with van der Waals surface area (Å²) in [5.74, 6) is 0.666. The molecule has 1 amide bonds. The van der Waals surface area contributed by atoms with Crippen LogP contribution < -0.4 is 9.64 Å². The molecule has 4 aromatic carbocycles. The minimum absolute atomic E-state index is 0.0828. The SMILES string of the molecule is COc1ccc(N2C(=O)[C@H](C(=C(C)C)c3ccccc3)[C@@H]2c2ccc3ccccc3c2)cc1. The zero-order valence-corrected chi connectivity index (χ0v) is 19.2. The maximum absolute atomic E-state index is 13.7. The van der Waals surface area contributed by atoms with Gasteiger partial charge >= 0.3 is 0 Å². The van der Waals surface area contributed by atoms with E-state index in [0.717, 1.165) is 28.1 Å². The molecule has 3 nitrogen and oxygen atoms in total. The van der Waals surface area contributed by atoms with E-state index in [1.807, 2.05) is 47.4 Å². The molecule has 0 bridgehead atoms. The van der Waals surface area contributed by atoms with Gasteiger partial charge in [0.05, 0.1) is 19.1 Å². The Balaban J connectivity index is 1.64. The minimum atomic E-state index is -0.235. The van der Waals surface area contributed by atoms with Crippen LogP contribution in [0.3, 0.4) is 0 Å². The largest absolute Gasteiger partial charge is 0.497 e. The smallest absolute Gasteiger partial charge is 0.237 e. The zero-order valence-electron chi connectivity index (χ0n) is 19.2. The van der Waals surface area contributed by atoms with Gasteiger partial charge in [0.1, 0.15) is 5.75 Å². The van der Waals surface area contributed by atoms with Gasteiger partial charge in [-0.3, -0.25) is 4.79 Å². The van der Waals surface area contributed by atoms with Crippen molar-refractivity contribution in [3.05, 3.63) is 114 Å². The van der Waals surface area contributed by atoms with Crippen molar-refractivity contribution >= 4 is 27.9 Å². The summed E-state index contributed by atoms with van der Waals surface area (Å²) in [6.07, 6.45) is 0. The molecule has 0 unspecified atom stereocenters. The number of fused-ring (bicyclic) bond motifs is 1. The van der Waals surface area contributed by atoms with Gasteiger partial charge in [0, 0.05) is 5.69 Å². The summed E-state index contributed by atoms with van der Waals surface area (Å²) in [6.45, 7) is 4.20. The Kier molecular flexibility index (Phi) is 5.47. The fourth-order valence-electron chi connectivity index (χ4n) is 4.93. The van der Waals surface area contributed by atoms with Crippen molar-refractivity contribution in [2.24, 2.45) is 5.92 Å². The molecular weight excluding hydrogens is 406 g/mol. The molecule has 1 heterocycles. The molecule has 4 aromatic rings. The van der Waals surface area contributed by atoms with Gasteiger partial charge in [-0.25, -0.2) is 0 Å². The van der Waals surface area contributed by atoms with E-state index in [0.29, 0.717) is 0 Å². The van der Waals surface area contributed by atoms with Crippen molar-refractivity contribution in [2.75, 3.05) is 12.0 Å². The lowest BCUT2D eigenvalue weighted by Crippen LogP contribution is -2.55. The first-order valence-electron chi connectivity index (χ1n) is 11.3. The summed E-state index contributed by atoms with van der Waals surface area (Å²) < 4.78 is 5.32. The molecular formula is C30H27NO2. The van der Waals surface area contributed by atoms with Crippen LogP contribution in [0.25, 0.3) is 16.3 Å². The van der Waals surface area contributed by atoms with Crippen LogP contribution in [0.5, 0.6) is 5.75 Å². The molecule has 2 atom stereocenters. The standard InChI is InChI=1S/C30H27NO2/c1-20(2)27(22-10-5-4-6-11-22)28-29(24-14-13-21-9-7-8-12-23(21)19-24)31(30(28)32)25-15-17-26(33-3)18-16-25/h4-19,28-29H,1-3H3/t28-,29+/m1/s1. The summed E-state index contributed by atoms with van der Waals surface area (Å²) in [6, 6.07) is 32.9. The average molecular weight is 434 g/mol.